The second-order valence-corrected chi connectivity index (χ2v) is 10.8. The Hall–Kier alpha value is -2.82. The molecule has 7 heteroatoms. The van der Waals surface area contributed by atoms with Crippen LogP contribution in [0.5, 0.6) is 5.75 Å². The second-order valence-electron chi connectivity index (χ2n) is 8.92. The van der Waals surface area contributed by atoms with E-state index in [2.05, 4.69) is 24.9 Å². The highest BCUT2D eigenvalue weighted by molar-refractivity contribution is 7.89. The molecule has 160 valence electrons. The fraction of sp³-hybridized carbons (Fsp3) is 0.375. The van der Waals surface area contributed by atoms with Crippen LogP contribution in [0.2, 0.25) is 0 Å². The van der Waals surface area contributed by atoms with Gasteiger partial charge in [0.2, 0.25) is 10.0 Å². The molecule has 0 radical (unpaired) electrons. The zero-order valence-electron chi connectivity index (χ0n) is 17.9. The Bertz CT molecular complexity index is 1360. The average molecular weight is 436 g/mol. The normalized spacial score (nSPS) is 17.9. The number of nitrogens with one attached hydrogen (secondary N) is 1. The largest absolute Gasteiger partial charge is 0.495 e. The van der Waals surface area contributed by atoms with Crippen LogP contribution in [0.3, 0.4) is 0 Å². The van der Waals surface area contributed by atoms with Gasteiger partial charge in [-0.1, -0.05) is 19.9 Å². The fourth-order valence-electron chi connectivity index (χ4n) is 5.13. The van der Waals surface area contributed by atoms with Gasteiger partial charge in [-0.3, -0.25) is 0 Å². The van der Waals surface area contributed by atoms with E-state index >= 15 is 0 Å². The molecule has 2 aromatic carbocycles. The SMILES string of the molecule is COc1cc2c(cc1S(=O)(=O)N1CCCC1)Cc1c([nH]c3cc(C#N)ccc13)C2(C)C. The van der Waals surface area contributed by atoms with Crippen molar-refractivity contribution in [1.29, 1.82) is 5.26 Å². The Morgan fingerprint density at radius 1 is 1.16 bits per heavy atom. The Kier molecular flexibility index (Phi) is 4.44. The highest BCUT2D eigenvalue weighted by Gasteiger charge is 2.38. The summed E-state index contributed by atoms with van der Waals surface area (Å²) in [5, 5.41) is 10.3. The third-order valence-electron chi connectivity index (χ3n) is 6.77. The zero-order chi connectivity index (χ0) is 22.0. The number of aromatic amines is 1. The minimum Gasteiger partial charge on any atom is -0.495 e. The molecule has 1 aliphatic carbocycles. The number of nitriles is 1. The van der Waals surface area contributed by atoms with Gasteiger partial charge in [0, 0.05) is 41.5 Å². The van der Waals surface area contributed by atoms with E-state index in [1.807, 2.05) is 30.3 Å². The van der Waals surface area contributed by atoms with Crippen molar-refractivity contribution in [3.05, 3.63) is 58.3 Å². The van der Waals surface area contributed by atoms with Gasteiger partial charge < -0.3 is 9.72 Å². The van der Waals surface area contributed by atoms with Crippen molar-refractivity contribution in [3.8, 4) is 11.8 Å². The highest BCUT2D eigenvalue weighted by atomic mass is 32.2. The number of H-pyrrole nitrogens is 1. The minimum atomic E-state index is -3.60. The Labute approximate surface area is 182 Å². The molecule has 2 heterocycles. The van der Waals surface area contributed by atoms with E-state index in [1.54, 1.807) is 4.31 Å². The van der Waals surface area contributed by atoms with Gasteiger partial charge in [-0.15, -0.1) is 0 Å². The summed E-state index contributed by atoms with van der Waals surface area (Å²) in [5.74, 6) is 0.394. The molecule has 1 fully saturated rings. The minimum absolute atomic E-state index is 0.251. The van der Waals surface area contributed by atoms with Gasteiger partial charge in [-0.2, -0.15) is 9.57 Å². The van der Waals surface area contributed by atoms with Crippen molar-refractivity contribution < 1.29 is 13.2 Å². The molecule has 0 unspecified atom stereocenters. The van der Waals surface area contributed by atoms with E-state index in [1.165, 1.54) is 7.11 Å². The molecule has 3 aromatic rings. The summed E-state index contributed by atoms with van der Waals surface area (Å²) in [6.07, 6.45) is 2.41. The molecule has 1 saturated heterocycles. The maximum atomic E-state index is 13.3. The van der Waals surface area contributed by atoms with Crippen LogP contribution in [0.15, 0.2) is 35.2 Å². The first-order valence-corrected chi connectivity index (χ1v) is 12.0. The summed E-state index contributed by atoms with van der Waals surface area (Å²) in [4.78, 5) is 3.78. The number of ether oxygens (including phenoxy) is 1. The van der Waals surface area contributed by atoms with Crippen LogP contribution >= 0.6 is 0 Å². The average Bonchev–Trinajstić information content (AvgIpc) is 3.42. The molecule has 31 heavy (non-hydrogen) atoms. The second kappa shape index (κ2) is 6.84. The van der Waals surface area contributed by atoms with Gasteiger partial charge in [0.15, 0.2) is 0 Å². The van der Waals surface area contributed by atoms with Gasteiger partial charge in [0.25, 0.3) is 0 Å². The molecule has 0 saturated carbocycles. The van der Waals surface area contributed by atoms with E-state index in [-0.39, 0.29) is 10.3 Å². The van der Waals surface area contributed by atoms with Crippen LogP contribution in [-0.4, -0.2) is 37.9 Å². The number of aromatic nitrogens is 1. The topological polar surface area (TPSA) is 86.2 Å². The fourth-order valence-corrected chi connectivity index (χ4v) is 6.83. The Morgan fingerprint density at radius 3 is 2.58 bits per heavy atom. The van der Waals surface area contributed by atoms with E-state index in [9.17, 15) is 13.7 Å². The van der Waals surface area contributed by atoms with Crippen LogP contribution in [0, 0.1) is 11.3 Å². The molecule has 1 aromatic heterocycles. The molecule has 1 aliphatic heterocycles. The highest BCUT2D eigenvalue weighted by Crippen LogP contribution is 2.46. The number of hydrogen-bond donors (Lipinski definition) is 1. The maximum Gasteiger partial charge on any atom is 0.246 e. The lowest BCUT2D eigenvalue weighted by Crippen LogP contribution is -2.30. The number of sulfonamides is 1. The van der Waals surface area contributed by atoms with Crippen molar-refractivity contribution in [3.63, 3.8) is 0 Å². The van der Waals surface area contributed by atoms with Gasteiger partial charge in [-0.25, -0.2) is 8.42 Å². The van der Waals surface area contributed by atoms with E-state index in [0.29, 0.717) is 30.8 Å². The molecule has 1 N–H and O–H groups in total. The predicted molar refractivity (Wildman–Crippen MR) is 119 cm³/mol. The molecule has 0 atom stereocenters. The first-order valence-electron chi connectivity index (χ1n) is 10.5. The molecule has 6 nitrogen and oxygen atoms in total. The van der Waals surface area contributed by atoms with Gasteiger partial charge >= 0.3 is 0 Å². The molecule has 0 bridgehead atoms. The maximum absolute atomic E-state index is 13.3. The third-order valence-corrected chi connectivity index (χ3v) is 8.69. The summed E-state index contributed by atoms with van der Waals surface area (Å²) >= 11 is 0. The number of hydrogen-bond acceptors (Lipinski definition) is 4. The van der Waals surface area contributed by atoms with Gasteiger partial charge in [0.1, 0.15) is 10.6 Å². The van der Waals surface area contributed by atoms with Crippen molar-refractivity contribution in [2.45, 2.75) is 43.4 Å². The standard InChI is InChI=1S/C24H25N3O3S/c1-24(2)19-13-21(30-3)22(31(28,29)27-8-4-5-9-27)12-16(19)11-18-17-7-6-15(14-25)10-20(17)26-23(18)24/h6-7,10,12-13,26H,4-5,8-9,11H2,1-3H3. The lowest BCUT2D eigenvalue weighted by molar-refractivity contribution is 0.396. The number of benzene rings is 2. The number of fused-ring (bicyclic) bond motifs is 4. The quantitative estimate of drug-likeness (QED) is 0.672. The first kappa shape index (κ1) is 20.1. The Morgan fingerprint density at radius 2 is 1.90 bits per heavy atom. The predicted octanol–water partition coefficient (Wildman–Crippen LogP) is 4.06. The molecular weight excluding hydrogens is 410 g/mol. The van der Waals surface area contributed by atoms with Crippen molar-refractivity contribution in [2.75, 3.05) is 20.2 Å². The number of nitrogens with zero attached hydrogens (tertiary/aromatic N) is 2. The summed E-state index contributed by atoms with van der Waals surface area (Å²) in [5.41, 5.74) is 5.50. The van der Waals surface area contributed by atoms with Gasteiger partial charge in [0.05, 0.1) is 18.7 Å². The van der Waals surface area contributed by atoms with Crippen molar-refractivity contribution >= 4 is 20.9 Å². The summed E-state index contributed by atoms with van der Waals surface area (Å²) in [6, 6.07) is 11.6. The zero-order valence-corrected chi connectivity index (χ0v) is 18.8. The van der Waals surface area contributed by atoms with Gasteiger partial charge in [-0.05, 0) is 53.8 Å². The smallest absolute Gasteiger partial charge is 0.246 e. The number of methoxy groups -OCH3 is 1. The lowest BCUT2D eigenvalue weighted by atomic mass is 9.72. The molecular formula is C24H25N3O3S. The van der Waals surface area contributed by atoms with Crippen molar-refractivity contribution in [2.24, 2.45) is 0 Å². The van der Waals surface area contributed by atoms with Crippen LogP contribution in [0.1, 0.15) is 54.6 Å². The molecule has 2 aliphatic rings. The summed E-state index contributed by atoms with van der Waals surface area (Å²) in [7, 11) is -2.08. The van der Waals surface area contributed by atoms with E-state index in [4.69, 9.17) is 4.74 Å². The van der Waals surface area contributed by atoms with Crippen molar-refractivity contribution in [1.82, 2.24) is 9.29 Å². The van der Waals surface area contributed by atoms with Crippen LogP contribution in [0.4, 0.5) is 0 Å². The molecule has 0 spiro atoms. The van der Waals surface area contributed by atoms with E-state index < -0.39 is 10.0 Å². The monoisotopic (exact) mass is 435 g/mol. The molecule has 0 amide bonds. The van der Waals surface area contributed by atoms with Crippen LogP contribution in [-0.2, 0) is 21.9 Å². The molecule has 5 rings (SSSR count). The summed E-state index contributed by atoms with van der Waals surface area (Å²) in [6.45, 7) is 5.39. The lowest BCUT2D eigenvalue weighted by Gasteiger charge is -2.34. The number of rotatable bonds is 3. The summed E-state index contributed by atoms with van der Waals surface area (Å²) < 4.78 is 33.8. The van der Waals surface area contributed by atoms with E-state index in [0.717, 1.165) is 46.1 Å². The van der Waals surface area contributed by atoms with Crippen LogP contribution < -0.4 is 4.74 Å². The Balaban J connectivity index is 1.70. The third kappa shape index (κ3) is 2.89. The first-order chi connectivity index (χ1) is 14.8. The van der Waals surface area contributed by atoms with Crippen LogP contribution in [0.25, 0.3) is 10.9 Å².